The van der Waals surface area contributed by atoms with Gasteiger partial charge in [0.2, 0.25) is 0 Å². The average molecular weight is 354 g/mol. The van der Waals surface area contributed by atoms with Crippen molar-refractivity contribution in [1.82, 2.24) is 4.98 Å². The van der Waals surface area contributed by atoms with Crippen molar-refractivity contribution in [2.45, 2.75) is 37.5 Å². The minimum atomic E-state index is -4.26. The van der Waals surface area contributed by atoms with Crippen molar-refractivity contribution in [3.8, 4) is 5.75 Å². The van der Waals surface area contributed by atoms with Crippen LogP contribution in [0, 0.1) is 5.92 Å². The molecular formula is C18H21F3N2O2. The molecule has 4 nitrogen and oxygen atoms in total. The summed E-state index contributed by atoms with van der Waals surface area (Å²) < 4.78 is 44.0. The molecule has 2 aromatic rings. The molecule has 136 valence electrons. The molecule has 3 rings (SSSR count). The third-order valence-electron chi connectivity index (χ3n) is 4.78. The van der Waals surface area contributed by atoms with Crippen LogP contribution < -0.4 is 10.1 Å². The number of nitrogens with one attached hydrogen (secondary N) is 1. The van der Waals surface area contributed by atoms with E-state index in [1.165, 1.54) is 0 Å². The maximum absolute atomic E-state index is 12.9. The predicted octanol–water partition coefficient (Wildman–Crippen LogP) is 4.14. The van der Waals surface area contributed by atoms with Crippen LogP contribution in [-0.2, 0) is 0 Å². The second kappa shape index (κ2) is 6.71. The Morgan fingerprint density at radius 2 is 2.12 bits per heavy atom. The van der Waals surface area contributed by atoms with E-state index in [0.29, 0.717) is 18.7 Å². The predicted molar refractivity (Wildman–Crippen MR) is 89.7 cm³/mol. The van der Waals surface area contributed by atoms with Crippen molar-refractivity contribution < 1.29 is 23.0 Å². The Kier molecular flexibility index (Phi) is 4.77. The highest BCUT2D eigenvalue weighted by Gasteiger charge is 2.46. The van der Waals surface area contributed by atoms with Gasteiger partial charge in [-0.15, -0.1) is 0 Å². The van der Waals surface area contributed by atoms with Gasteiger partial charge in [0.05, 0.1) is 24.1 Å². The lowest BCUT2D eigenvalue weighted by molar-refractivity contribution is -0.199. The first-order valence-electron chi connectivity index (χ1n) is 8.27. The van der Waals surface area contributed by atoms with Gasteiger partial charge in [0, 0.05) is 11.9 Å². The third-order valence-corrected chi connectivity index (χ3v) is 4.78. The Hall–Kier alpha value is -2.02. The fourth-order valence-electron chi connectivity index (χ4n) is 3.36. The summed E-state index contributed by atoms with van der Waals surface area (Å²) in [7, 11) is 1.59. The van der Waals surface area contributed by atoms with E-state index >= 15 is 0 Å². The number of anilines is 1. The summed E-state index contributed by atoms with van der Waals surface area (Å²) in [6.45, 7) is 0.0498. The molecule has 0 radical (unpaired) electrons. The van der Waals surface area contributed by atoms with Crippen LogP contribution in [0.15, 0.2) is 30.3 Å². The van der Waals surface area contributed by atoms with Crippen LogP contribution in [0.2, 0.25) is 0 Å². The Labute approximate surface area is 144 Å². The summed E-state index contributed by atoms with van der Waals surface area (Å²) in [5.41, 5.74) is -0.621. The van der Waals surface area contributed by atoms with E-state index in [-0.39, 0.29) is 19.4 Å². The molecule has 1 aliphatic carbocycles. The van der Waals surface area contributed by atoms with Gasteiger partial charge in [-0.05, 0) is 56.0 Å². The highest BCUT2D eigenvalue weighted by Crippen LogP contribution is 2.41. The number of fused-ring (bicyclic) bond motifs is 1. The van der Waals surface area contributed by atoms with Gasteiger partial charge >= 0.3 is 6.18 Å². The number of hydrogen-bond acceptors (Lipinski definition) is 4. The highest BCUT2D eigenvalue weighted by atomic mass is 19.4. The first kappa shape index (κ1) is 17.8. The Morgan fingerprint density at radius 1 is 1.32 bits per heavy atom. The first-order chi connectivity index (χ1) is 11.8. The molecule has 2 atom stereocenters. The van der Waals surface area contributed by atoms with Crippen LogP contribution in [0.5, 0.6) is 5.75 Å². The summed E-state index contributed by atoms with van der Waals surface area (Å²) in [6, 6.07) is 9.07. The Bertz CT molecular complexity index is 751. The number of rotatable bonds is 4. The maximum atomic E-state index is 12.9. The lowest BCUT2D eigenvalue weighted by Gasteiger charge is -2.37. The lowest BCUT2D eigenvalue weighted by atomic mass is 9.77. The van der Waals surface area contributed by atoms with E-state index < -0.39 is 17.7 Å². The van der Waals surface area contributed by atoms with E-state index in [4.69, 9.17) is 4.74 Å². The van der Waals surface area contributed by atoms with Crippen molar-refractivity contribution in [1.29, 1.82) is 0 Å². The molecule has 2 unspecified atom stereocenters. The summed E-state index contributed by atoms with van der Waals surface area (Å²) in [5.74, 6) is -0.185. The topological polar surface area (TPSA) is 54.4 Å². The van der Waals surface area contributed by atoms with Gasteiger partial charge in [-0.25, -0.2) is 4.98 Å². The summed E-state index contributed by atoms with van der Waals surface area (Å²) in [6.07, 6.45) is -3.71. The van der Waals surface area contributed by atoms with E-state index in [9.17, 15) is 18.3 Å². The highest BCUT2D eigenvalue weighted by molar-refractivity contribution is 5.81. The van der Waals surface area contributed by atoms with Crippen LogP contribution in [0.4, 0.5) is 19.0 Å². The third kappa shape index (κ3) is 4.15. The molecule has 0 saturated heterocycles. The summed E-state index contributed by atoms with van der Waals surface area (Å²) in [4.78, 5) is 4.43. The van der Waals surface area contributed by atoms with Crippen molar-refractivity contribution in [3.63, 3.8) is 0 Å². The fourth-order valence-corrected chi connectivity index (χ4v) is 3.36. The van der Waals surface area contributed by atoms with Crippen LogP contribution in [-0.4, -0.2) is 35.5 Å². The van der Waals surface area contributed by atoms with Crippen LogP contribution in [0.1, 0.15) is 25.7 Å². The van der Waals surface area contributed by atoms with Crippen LogP contribution >= 0.6 is 0 Å². The lowest BCUT2D eigenvalue weighted by Crippen LogP contribution is -2.45. The largest absolute Gasteiger partial charge is 0.497 e. The smallest absolute Gasteiger partial charge is 0.391 e. The van der Waals surface area contributed by atoms with Crippen molar-refractivity contribution in [3.05, 3.63) is 30.3 Å². The van der Waals surface area contributed by atoms with Gasteiger partial charge in [0.1, 0.15) is 11.6 Å². The number of aliphatic hydroxyl groups is 1. The second-order valence-electron chi connectivity index (χ2n) is 6.67. The van der Waals surface area contributed by atoms with Gasteiger partial charge in [-0.3, -0.25) is 0 Å². The number of benzene rings is 1. The molecule has 1 fully saturated rings. The van der Waals surface area contributed by atoms with Gasteiger partial charge in [0.25, 0.3) is 0 Å². The average Bonchev–Trinajstić information content (AvgIpc) is 2.59. The number of alkyl halides is 3. The molecule has 25 heavy (non-hydrogen) atoms. The zero-order valence-electron chi connectivity index (χ0n) is 13.9. The number of halogens is 3. The van der Waals surface area contributed by atoms with E-state index in [2.05, 4.69) is 10.3 Å². The summed E-state index contributed by atoms with van der Waals surface area (Å²) >= 11 is 0. The summed E-state index contributed by atoms with van der Waals surface area (Å²) in [5, 5.41) is 14.4. The molecular weight excluding hydrogens is 333 g/mol. The van der Waals surface area contributed by atoms with E-state index in [0.717, 1.165) is 16.7 Å². The molecule has 0 spiro atoms. The standard InChI is InChI=1S/C18H21F3N2O2/c1-25-14-5-6-15-12(9-14)4-7-16(23-15)22-11-17(24)8-2-3-13(10-17)18(19,20)21/h4-7,9,13,24H,2-3,8,10-11H2,1H3,(H,22,23). The molecule has 1 saturated carbocycles. The first-order valence-corrected chi connectivity index (χ1v) is 8.27. The molecule has 0 aliphatic heterocycles. The monoisotopic (exact) mass is 354 g/mol. The van der Waals surface area contributed by atoms with Crippen molar-refractivity contribution in [2.24, 2.45) is 5.92 Å². The molecule has 7 heteroatoms. The van der Waals surface area contributed by atoms with Crippen molar-refractivity contribution in [2.75, 3.05) is 19.0 Å². The zero-order chi connectivity index (χ0) is 18.1. The quantitative estimate of drug-likeness (QED) is 0.866. The molecule has 1 aliphatic rings. The van der Waals surface area contributed by atoms with Gasteiger partial charge in [-0.1, -0.05) is 0 Å². The Balaban J connectivity index is 1.69. The van der Waals surface area contributed by atoms with E-state index in [1.54, 1.807) is 19.2 Å². The van der Waals surface area contributed by atoms with Crippen molar-refractivity contribution >= 4 is 16.7 Å². The molecule has 2 N–H and O–H groups in total. The van der Waals surface area contributed by atoms with Crippen LogP contribution in [0.3, 0.4) is 0 Å². The molecule has 1 aromatic carbocycles. The minimum Gasteiger partial charge on any atom is -0.497 e. The number of methoxy groups -OCH3 is 1. The number of aromatic nitrogens is 1. The fraction of sp³-hybridized carbons (Fsp3) is 0.500. The SMILES string of the molecule is COc1ccc2nc(NCC3(O)CCCC(C(F)(F)F)C3)ccc2c1. The molecule has 1 heterocycles. The molecule has 1 aromatic heterocycles. The van der Waals surface area contributed by atoms with Crippen LogP contribution in [0.25, 0.3) is 10.9 Å². The van der Waals surface area contributed by atoms with Gasteiger partial charge in [0.15, 0.2) is 0 Å². The maximum Gasteiger partial charge on any atom is 0.391 e. The molecule has 0 amide bonds. The zero-order valence-corrected chi connectivity index (χ0v) is 13.9. The molecule has 0 bridgehead atoms. The van der Waals surface area contributed by atoms with E-state index in [1.807, 2.05) is 18.2 Å². The number of nitrogens with zero attached hydrogens (tertiary/aromatic N) is 1. The second-order valence-corrected chi connectivity index (χ2v) is 6.67. The normalized spacial score (nSPS) is 24.3. The minimum absolute atomic E-state index is 0.0498. The van der Waals surface area contributed by atoms with Gasteiger partial charge < -0.3 is 15.2 Å². The Morgan fingerprint density at radius 3 is 2.84 bits per heavy atom. The number of hydrogen-bond donors (Lipinski definition) is 2. The van der Waals surface area contributed by atoms with Gasteiger partial charge in [-0.2, -0.15) is 13.2 Å². The number of pyridine rings is 1. The number of ether oxygens (including phenoxy) is 1.